The minimum Gasteiger partial charge on any atom is -0.450 e. The van der Waals surface area contributed by atoms with E-state index in [1.165, 1.54) is 16.1 Å². The number of hydrogen-bond acceptors (Lipinski definition) is 2. The third kappa shape index (κ3) is 2.31. The average molecular weight is 325 g/mol. The molecule has 1 aromatic rings. The van der Waals surface area contributed by atoms with Crippen LogP contribution in [0.15, 0.2) is 0 Å². The number of carbonyl (C=O) groups excluding carboxylic acids is 1. The highest BCUT2D eigenvalue weighted by atomic mass is 79.9. The van der Waals surface area contributed by atoms with Gasteiger partial charge in [0.2, 0.25) is 0 Å². The number of hydrogen-bond donors (Lipinski definition) is 1. The van der Waals surface area contributed by atoms with Gasteiger partial charge in [0.25, 0.3) is 0 Å². The second kappa shape index (κ2) is 5.04. The van der Waals surface area contributed by atoms with Crippen LogP contribution in [0, 0.1) is 0 Å². The molecule has 19 heavy (non-hydrogen) atoms. The Hall–Kier alpha value is -1.23. The van der Waals surface area contributed by atoms with Crippen LogP contribution < -0.4 is 10.6 Å². The van der Waals surface area contributed by atoms with E-state index in [-0.39, 0.29) is 6.09 Å². The third-order valence-corrected chi connectivity index (χ3v) is 4.30. The molecule has 5 heteroatoms. The maximum Gasteiger partial charge on any atom is 0.410 e. The molecule has 0 bridgehead atoms. The topological polar surface area (TPSA) is 45.3 Å². The molecule has 3 rings (SSSR count). The van der Waals surface area contributed by atoms with Crippen LogP contribution in [0.5, 0.6) is 0 Å². The Labute approximate surface area is 120 Å². The molecular formula is C14H17BrN2O2. The van der Waals surface area contributed by atoms with Gasteiger partial charge in [0.05, 0.1) is 13.2 Å². The molecule has 0 radical (unpaired) electrons. The van der Waals surface area contributed by atoms with Crippen molar-refractivity contribution in [1.82, 2.24) is 9.88 Å². The highest BCUT2D eigenvalue weighted by Gasteiger charge is 2.24. The molecule has 0 saturated heterocycles. The van der Waals surface area contributed by atoms with Crippen molar-refractivity contribution in [3.8, 4) is 0 Å². The molecule has 2 heterocycles. The van der Waals surface area contributed by atoms with Gasteiger partial charge in [-0.05, 0) is 30.5 Å². The number of H-pyrrole nitrogens is 1. The number of aromatic amines is 1. The number of rotatable bonds is 1. The minimum atomic E-state index is -0.216. The lowest BCUT2D eigenvalue weighted by molar-refractivity contribution is 0.102. The first kappa shape index (κ1) is 12.8. The number of carbonyl (C=O) groups is 1. The predicted octanol–water partition coefficient (Wildman–Crippen LogP) is 1.26. The zero-order chi connectivity index (χ0) is 13.4. The largest absolute Gasteiger partial charge is 0.450 e. The summed E-state index contributed by atoms with van der Waals surface area (Å²) in [5.41, 5.74) is 2.51. The Kier molecular flexibility index (Phi) is 3.39. The lowest BCUT2D eigenvalue weighted by Gasteiger charge is -2.26. The number of nitrogens with zero attached hydrogens (tertiary/aromatic N) is 1. The fraction of sp³-hybridized carbons (Fsp3) is 0.500. The van der Waals surface area contributed by atoms with Crippen molar-refractivity contribution in [3.63, 3.8) is 0 Å². The van der Waals surface area contributed by atoms with Gasteiger partial charge < -0.3 is 14.6 Å². The highest BCUT2D eigenvalue weighted by molar-refractivity contribution is 9.09. The molecule has 1 aliphatic carbocycles. The Morgan fingerprint density at radius 1 is 1.63 bits per heavy atom. The number of aromatic nitrogens is 1. The lowest BCUT2D eigenvalue weighted by Crippen LogP contribution is -2.38. The quantitative estimate of drug-likeness (QED) is 0.790. The Balaban J connectivity index is 1.92. The molecule has 1 aliphatic heterocycles. The maximum absolute atomic E-state index is 11.8. The Morgan fingerprint density at radius 3 is 3.26 bits per heavy atom. The van der Waals surface area contributed by atoms with E-state index < -0.39 is 0 Å². The van der Waals surface area contributed by atoms with Crippen LogP contribution in [-0.2, 0) is 17.7 Å². The Bertz CT molecular complexity index is 620. The molecule has 0 saturated carbocycles. The fourth-order valence-electron chi connectivity index (χ4n) is 2.77. The van der Waals surface area contributed by atoms with Gasteiger partial charge >= 0.3 is 6.09 Å². The number of halogens is 1. The molecule has 0 fully saturated rings. The normalized spacial score (nSPS) is 20.9. The molecule has 1 aromatic heterocycles. The van der Waals surface area contributed by atoms with Crippen molar-refractivity contribution in [3.05, 3.63) is 21.8 Å². The minimum absolute atomic E-state index is 0.216. The zero-order valence-electron chi connectivity index (χ0n) is 10.9. The molecule has 102 valence electrons. The van der Waals surface area contributed by atoms with E-state index in [0.29, 0.717) is 18.0 Å². The van der Waals surface area contributed by atoms with Crippen molar-refractivity contribution >= 4 is 34.2 Å². The monoisotopic (exact) mass is 324 g/mol. The van der Waals surface area contributed by atoms with E-state index in [1.807, 2.05) is 6.92 Å². The molecule has 1 unspecified atom stereocenters. The lowest BCUT2D eigenvalue weighted by atomic mass is 10.0. The van der Waals surface area contributed by atoms with Crippen LogP contribution >= 0.6 is 15.9 Å². The zero-order valence-corrected chi connectivity index (χ0v) is 12.5. The SMILES string of the molecule is CCOC(=O)N1CCc2c([nH]c3c2=CC(Br)CC=3)C1. The van der Waals surface area contributed by atoms with Gasteiger partial charge in [-0.1, -0.05) is 28.1 Å². The summed E-state index contributed by atoms with van der Waals surface area (Å²) in [5.74, 6) is 0. The molecule has 4 nitrogen and oxygen atoms in total. The summed E-state index contributed by atoms with van der Waals surface area (Å²) in [6, 6.07) is 0. The Morgan fingerprint density at radius 2 is 2.47 bits per heavy atom. The summed E-state index contributed by atoms with van der Waals surface area (Å²) < 4.78 is 5.07. The standard InChI is InChI=1S/C14H17BrN2O2/c1-2-19-14(18)17-6-5-10-11-7-9(15)3-4-12(11)16-13(10)8-17/h4,7,9,16H,2-3,5-6,8H2,1H3. The van der Waals surface area contributed by atoms with E-state index >= 15 is 0 Å². The summed E-state index contributed by atoms with van der Waals surface area (Å²) in [6.07, 6.45) is 6.18. The summed E-state index contributed by atoms with van der Waals surface area (Å²) in [4.78, 5) is 17.4. The third-order valence-electron chi connectivity index (χ3n) is 3.67. The summed E-state index contributed by atoms with van der Waals surface area (Å²) >= 11 is 3.64. The van der Waals surface area contributed by atoms with Crippen LogP contribution in [0.3, 0.4) is 0 Å². The van der Waals surface area contributed by atoms with Gasteiger partial charge in [-0.25, -0.2) is 4.79 Å². The van der Waals surface area contributed by atoms with Crippen molar-refractivity contribution < 1.29 is 9.53 Å². The first-order chi connectivity index (χ1) is 9.19. The second-order valence-electron chi connectivity index (χ2n) is 4.90. The molecule has 2 aliphatic rings. The van der Waals surface area contributed by atoms with Crippen molar-refractivity contribution in [2.24, 2.45) is 0 Å². The molecule has 1 atom stereocenters. The van der Waals surface area contributed by atoms with Gasteiger partial charge in [0.1, 0.15) is 0 Å². The van der Waals surface area contributed by atoms with Gasteiger partial charge in [0, 0.05) is 22.4 Å². The highest BCUT2D eigenvalue weighted by Crippen LogP contribution is 2.16. The number of ether oxygens (including phenoxy) is 1. The summed E-state index contributed by atoms with van der Waals surface area (Å²) in [7, 11) is 0. The first-order valence-corrected chi connectivity index (χ1v) is 7.58. The van der Waals surface area contributed by atoms with Crippen LogP contribution in [0.2, 0.25) is 0 Å². The molecule has 0 aromatic carbocycles. The fourth-order valence-corrected chi connectivity index (χ4v) is 3.22. The van der Waals surface area contributed by atoms with E-state index in [2.05, 4.69) is 33.1 Å². The molecular weight excluding hydrogens is 308 g/mol. The van der Waals surface area contributed by atoms with Crippen LogP contribution in [-0.4, -0.2) is 34.0 Å². The van der Waals surface area contributed by atoms with Crippen LogP contribution in [0.25, 0.3) is 12.2 Å². The number of fused-ring (bicyclic) bond motifs is 3. The molecule has 1 N–H and O–H groups in total. The van der Waals surface area contributed by atoms with Gasteiger partial charge in [-0.15, -0.1) is 0 Å². The summed E-state index contributed by atoms with van der Waals surface area (Å²) in [6.45, 7) is 3.61. The van der Waals surface area contributed by atoms with Gasteiger partial charge in [-0.3, -0.25) is 0 Å². The van der Waals surface area contributed by atoms with Gasteiger partial charge in [-0.2, -0.15) is 0 Å². The second-order valence-corrected chi connectivity index (χ2v) is 6.08. The van der Waals surface area contributed by atoms with E-state index in [4.69, 9.17) is 4.74 Å². The van der Waals surface area contributed by atoms with E-state index in [1.54, 1.807) is 4.90 Å². The predicted molar refractivity (Wildman–Crippen MR) is 77.4 cm³/mol. The number of nitrogens with one attached hydrogen (secondary N) is 1. The van der Waals surface area contributed by atoms with Crippen LogP contribution in [0.4, 0.5) is 4.79 Å². The summed E-state index contributed by atoms with van der Waals surface area (Å²) in [5, 5.41) is 2.51. The van der Waals surface area contributed by atoms with Crippen LogP contribution in [0.1, 0.15) is 24.6 Å². The van der Waals surface area contributed by atoms with Crippen molar-refractivity contribution in [2.45, 2.75) is 31.1 Å². The van der Waals surface area contributed by atoms with Gasteiger partial charge in [0.15, 0.2) is 0 Å². The van der Waals surface area contributed by atoms with E-state index in [9.17, 15) is 4.79 Å². The number of amides is 1. The van der Waals surface area contributed by atoms with Crippen molar-refractivity contribution in [2.75, 3.05) is 13.2 Å². The maximum atomic E-state index is 11.8. The number of alkyl halides is 1. The molecule has 1 amide bonds. The average Bonchev–Trinajstić information content (AvgIpc) is 2.76. The molecule has 0 spiro atoms. The first-order valence-electron chi connectivity index (χ1n) is 6.66. The van der Waals surface area contributed by atoms with E-state index in [0.717, 1.165) is 25.1 Å². The smallest absolute Gasteiger partial charge is 0.410 e. The van der Waals surface area contributed by atoms with Crippen molar-refractivity contribution in [1.29, 1.82) is 0 Å².